The maximum Gasteiger partial charge on any atom is 0.246 e. The van der Waals surface area contributed by atoms with Gasteiger partial charge in [0.05, 0.1) is 7.11 Å². The van der Waals surface area contributed by atoms with Crippen LogP contribution in [0.3, 0.4) is 0 Å². The van der Waals surface area contributed by atoms with Gasteiger partial charge in [-0.05, 0) is 24.1 Å². The summed E-state index contributed by atoms with van der Waals surface area (Å²) in [5.41, 5.74) is 7.42. The SMILES string of the molecule is CON(C)C(=O)CCc1cccc(N)c1. The van der Waals surface area contributed by atoms with E-state index in [1.807, 2.05) is 24.3 Å². The third-order valence-electron chi connectivity index (χ3n) is 2.20. The third-order valence-corrected chi connectivity index (χ3v) is 2.20. The van der Waals surface area contributed by atoms with Gasteiger partial charge in [-0.15, -0.1) is 0 Å². The number of benzene rings is 1. The molecular weight excluding hydrogens is 192 g/mol. The van der Waals surface area contributed by atoms with Crippen LogP contribution in [0.15, 0.2) is 24.3 Å². The van der Waals surface area contributed by atoms with E-state index in [4.69, 9.17) is 10.6 Å². The lowest BCUT2D eigenvalue weighted by Crippen LogP contribution is -2.25. The van der Waals surface area contributed by atoms with Gasteiger partial charge in [-0.25, -0.2) is 5.06 Å². The van der Waals surface area contributed by atoms with Crippen molar-refractivity contribution in [2.24, 2.45) is 0 Å². The maximum absolute atomic E-state index is 11.4. The smallest absolute Gasteiger partial charge is 0.246 e. The van der Waals surface area contributed by atoms with Crippen LogP contribution in [0.5, 0.6) is 0 Å². The number of nitrogen functional groups attached to an aromatic ring is 1. The minimum atomic E-state index is -0.0417. The van der Waals surface area contributed by atoms with Gasteiger partial charge in [-0.3, -0.25) is 9.63 Å². The van der Waals surface area contributed by atoms with Crippen LogP contribution in [-0.4, -0.2) is 25.1 Å². The molecule has 0 spiro atoms. The number of nitrogens with two attached hydrogens (primary N) is 1. The van der Waals surface area contributed by atoms with Crippen LogP contribution in [0.25, 0.3) is 0 Å². The Labute approximate surface area is 89.6 Å². The lowest BCUT2D eigenvalue weighted by atomic mass is 10.1. The van der Waals surface area contributed by atoms with Crippen molar-refractivity contribution >= 4 is 11.6 Å². The Kier molecular flexibility index (Phi) is 4.12. The second-order valence-corrected chi connectivity index (χ2v) is 3.32. The largest absolute Gasteiger partial charge is 0.399 e. The van der Waals surface area contributed by atoms with Gasteiger partial charge in [0.2, 0.25) is 5.91 Å². The van der Waals surface area contributed by atoms with Gasteiger partial charge in [0, 0.05) is 19.2 Å². The summed E-state index contributed by atoms with van der Waals surface area (Å²) in [6, 6.07) is 7.54. The summed E-state index contributed by atoms with van der Waals surface area (Å²) in [4.78, 5) is 16.2. The van der Waals surface area contributed by atoms with Crippen LogP contribution in [0.1, 0.15) is 12.0 Å². The van der Waals surface area contributed by atoms with Gasteiger partial charge in [-0.2, -0.15) is 0 Å². The monoisotopic (exact) mass is 208 g/mol. The minimum absolute atomic E-state index is 0.0417. The summed E-state index contributed by atoms with van der Waals surface area (Å²) in [6.07, 6.45) is 1.10. The standard InChI is InChI=1S/C11H16N2O2/c1-13(15-2)11(14)7-6-9-4-3-5-10(12)8-9/h3-5,8H,6-7,12H2,1-2H3. The molecule has 2 N–H and O–H groups in total. The van der Waals surface area contributed by atoms with Gasteiger partial charge in [0.1, 0.15) is 0 Å². The summed E-state index contributed by atoms with van der Waals surface area (Å²) < 4.78 is 0. The van der Waals surface area contributed by atoms with Crippen molar-refractivity contribution in [3.05, 3.63) is 29.8 Å². The molecule has 0 fully saturated rings. The molecule has 0 saturated carbocycles. The molecule has 0 aliphatic heterocycles. The van der Waals surface area contributed by atoms with Crippen LogP contribution in [0.2, 0.25) is 0 Å². The van der Waals surface area contributed by atoms with Crippen molar-refractivity contribution in [1.82, 2.24) is 5.06 Å². The average Bonchev–Trinajstić information content (AvgIpc) is 2.25. The van der Waals surface area contributed by atoms with E-state index in [-0.39, 0.29) is 5.91 Å². The highest BCUT2D eigenvalue weighted by atomic mass is 16.7. The molecule has 1 rings (SSSR count). The molecule has 4 nitrogen and oxygen atoms in total. The topological polar surface area (TPSA) is 55.6 Å². The first-order valence-electron chi connectivity index (χ1n) is 4.78. The Morgan fingerprint density at radius 3 is 2.87 bits per heavy atom. The molecule has 0 aromatic heterocycles. The second kappa shape index (κ2) is 5.36. The zero-order valence-electron chi connectivity index (χ0n) is 9.06. The van der Waals surface area contributed by atoms with Gasteiger partial charge in [0.25, 0.3) is 0 Å². The molecule has 1 aromatic rings. The van der Waals surface area contributed by atoms with Gasteiger partial charge >= 0.3 is 0 Å². The molecule has 4 heteroatoms. The number of amides is 1. The van der Waals surface area contributed by atoms with Crippen molar-refractivity contribution in [2.75, 3.05) is 19.9 Å². The molecule has 1 amide bonds. The van der Waals surface area contributed by atoms with Crippen LogP contribution < -0.4 is 5.73 Å². The molecule has 0 aliphatic carbocycles. The molecule has 0 heterocycles. The zero-order chi connectivity index (χ0) is 11.3. The van der Waals surface area contributed by atoms with E-state index >= 15 is 0 Å². The van der Waals surface area contributed by atoms with Gasteiger partial charge in [0.15, 0.2) is 0 Å². The van der Waals surface area contributed by atoms with E-state index in [9.17, 15) is 4.79 Å². The van der Waals surface area contributed by atoms with Crippen LogP contribution in [0.4, 0.5) is 5.69 Å². The molecule has 0 saturated heterocycles. The number of rotatable bonds is 4. The van der Waals surface area contributed by atoms with E-state index < -0.39 is 0 Å². The lowest BCUT2D eigenvalue weighted by molar-refractivity contribution is -0.168. The van der Waals surface area contributed by atoms with E-state index in [1.165, 1.54) is 12.2 Å². The Balaban J connectivity index is 2.47. The molecule has 0 aliphatic rings. The average molecular weight is 208 g/mol. The quantitative estimate of drug-likeness (QED) is 0.598. The summed E-state index contributed by atoms with van der Waals surface area (Å²) >= 11 is 0. The van der Waals surface area contributed by atoms with Crippen molar-refractivity contribution < 1.29 is 9.63 Å². The highest BCUT2D eigenvalue weighted by Crippen LogP contribution is 2.09. The van der Waals surface area contributed by atoms with Crippen molar-refractivity contribution in [1.29, 1.82) is 0 Å². The molecule has 0 unspecified atom stereocenters. The van der Waals surface area contributed by atoms with Crippen LogP contribution in [0, 0.1) is 0 Å². The zero-order valence-corrected chi connectivity index (χ0v) is 9.06. The Morgan fingerprint density at radius 1 is 1.53 bits per heavy atom. The van der Waals surface area contributed by atoms with Crippen LogP contribution in [-0.2, 0) is 16.1 Å². The molecule has 0 atom stereocenters. The Hall–Kier alpha value is -1.55. The van der Waals surface area contributed by atoms with Gasteiger partial charge in [-0.1, -0.05) is 12.1 Å². The lowest BCUT2D eigenvalue weighted by Gasteiger charge is -2.13. The molecule has 15 heavy (non-hydrogen) atoms. The third kappa shape index (κ3) is 3.59. The molecular formula is C11H16N2O2. The number of hydrogen-bond donors (Lipinski definition) is 1. The fourth-order valence-corrected chi connectivity index (χ4v) is 1.26. The number of nitrogens with zero attached hydrogens (tertiary/aromatic N) is 1. The van der Waals surface area contributed by atoms with E-state index in [2.05, 4.69) is 0 Å². The number of anilines is 1. The molecule has 1 aromatic carbocycles. The number of carbonyl (C=O) groups is 1. The van der Waals surface area contributed by atoms with Crippen molar-refractivity contribution in [2.45, 2.75) is 12.8 Å². The normalized spacial score (nSPS) is 10.0. The first-order valence-corrected chi connectivity index (χ1v) is 4.78. The highest BCUT2D eigenvalue weighted by molar-refractivity contribution is 5.75. The number of aryl methyl sites for hydroxylation is 1. The van der Waals surface area contributed by atoms with Gasteiger partial charge < -0.3 is 5.73 Å². The number of hydrogen-bond acceptors (Lipinski definition) is 3. The highest BCUT2D eigenvalue weighted by Gasteiger charge is 2.07. The molecule has 0 radical (unpaired) electrons. The van der Waals surface area contributed by atoms with Crippen molar-refractivity contribution in [3.8, 4) is 0 Å². The fraction of sp³-hybridized carbons (Fsp3) is 0.364. The fourth-order valence-electron chi connectivity index (χ4n) is 1.26. The summed E-state index contributed by atoms with van der Waals surface area (Å²) in [5, 5.41) is 1.23. The predicted octanol–water partition coefficient (Wildman–Crippen LogP) is 1.22. The maximum atomic E-state index is 11.4. The second-order valence-electron chi connectivity index (χ2n) is 3.32. The molecule has 82 valence electrons. The molecule has 0 bridgehead atoms. The summed E-state index contributed by atoms with van der Waals surface area (Å²) in [7, 11) is 3.07. The number of carbonyl (C=O) groups excluding carboxylic acids is 1. The minimum Gasteiger partial charge on any atom is -0.399 e. The first kappa shape index (κ1) is 11.5. The summed E-state index contributed by atoms with van der Waals surface area (Å²) in [6.45, 7) is 0. The van der Waals surface area contributed by atoms with Crippen LogP contribution >= 0.6 is 0 Å². The number of hydroxylamine groups is 2. The van der Waals surface area contributed by atoms with E-state index in [0.717, 1.165) is 11.3 Å². The predicted molar refractivity (Wildman–Crippen MR) is 59.0 cm³/mol. The Bertz CT molecular complexity index is 339. The Morgan fingerprint density at radius 2 is 2.27 bits per heavy atom. The van der Waals surface area contributed by atoms with Crippen molar-refractivity contribution in [3.63, 3.8) is 0 Å². The summed E-state index contributed by atoms with van der Waals surface area (Å²) in [5.74, 6) is -0.0417. The van der Waals surface area contributed by atoms with E-state index in [0.29, 0.717) is 12.8 Å². The van der Waals surface area contributed by atoms with E-state index in [1.54, 1.807) is 7.05 Å². The first-order chi connectivity index (χ1) is 7.13.